The highest BCUT2D eigenvalue weighted by atomic mass is 15.2. The van der Waals surface area contributed by atoms with Gasteiger partial charge in [-0.3, -0.25) is 0 Å². The van der Waals surface area contributed by atoms with Crippen molar-refractivity contribution in [3.8, 4) is 0 Å². The first-order chi connectivity index (χ1) is 6.38. The third-order valence-electron chi connectivity index (χ3n) is 4.27. The molecule has 0 aromatic heterocycles. The van der Waals surface area contributed by atoms with Gasteiger partial charge in [-0.25, -0.2) is 0 Å². The zero-order chi connectivity index (χ0) is 8.73. The van der Waals surface area contributed by atoms with Crippen molar-refractivity contribution in [3.05, 3.63) is 0 Å². The molecular formula is C11H20N2. The highest BCUT2D eigenvalue weighted by molar-refractivity contribution is 5.06. The van der Waals surface area contributed by atoms with Crippen LogP contribution < -0.4 is 10.6 Å². The normalized spacial score (nSPS) is 42.5. The van der Waals surface area contributed by atoms with Crippen LogP contribution in [0.15, 0.2) is 0 Å². The van der Waals surface area contributed by atoms with E-state index in [2.05, 4.69) is 10.6 Å². The molecule has 13 heavy (non-hydrogen) atoms. The quantitative estimate of drug-likeness (QED) is 0.589. The molecular weight excluding hydrogens is 160 g/mol. The molecule has 2 nitrogen and oxygen atoms in total. The number of piperazine rings is 1. The van der Waals surface area contributed by atoms with Crippen LogP contribution in [-0.2, 0) is 0 Å². The van der Waals surface area contributed by atoms with Crippen LogP contribution in [0.2, 0.25) is 0 Å². The van der Waals surface area contributed by atoms with Crippen molar-refractivity contribution in [1.29, 1.82) is 0 Å². The second kappa shape index (κ2) is 2.96. The van der Waals surface area contributed by atoms with E-state index in [0.717, 1.165) is 12.1 Å². The molecule has 1 spiro atoms. The van der Waals surface area contributed by atoms with Crippen molar-refractivity contribution in [3.63, 3.8) is 0 Å². The summed E-state index contributed by atoms with van der Waals surface area (Å²) in [5, 5.41) is 7.66. The van der Waals surface area contributed by atoms with Gasteiger partial charge in [0.25, 0.3) is 0 Å². The molecule has 2 heteroatoms. The molecule has 0 amide bonds. The Balaban J connectivity index is 1.69. The van der Waals surface area contributed by atoms with Gasteiger partial charge in [-0.1, -0.05) is 12.8 Å². The third-order valence-corrected chi connectivity index (χ3v) is 4.27. The molecule has 1 heterocycles. The second-order valence-corrected chi connectivity index (χ2v) is 5.16. The molecule has 3 aliphatic rings. The molecule has 0 radical (unpaired) electrons. The first-order valence-corrected chi connectivity index (χ1v) is 5.89. The van der Waals surface area contributed by atoms with Gasteiger partial charge >= 0.3 is 0 Å². The topological polar surface area (TPSA) is 24.1 Å². The van der Waals surface area contributed by atoms with Crippen molar-refractivity contribution in [1.82, 2.24) is 10.6 Å². The average Bonchev–Trinajstić information content (AvgIpc) is 2.15. The molecule has 3 rings (SSSR count). The van der Waals surface area contributed by atoms with E-state index in [0.29, 0.717) is 5.54 Å². The van der Waals surface area contributed by atoms with Crippen molar-refractivity contribution < 1.29 is 0 Å². The Morgan fingerprint density at radius 3 is 2.38 bits per heavy atom. The Kier molecular flexibility index (Phi) is 1.88. The molecule has 1 saturated heterocycles. The van der Waals surface area contributed by atoms with E-state index in [1.54, 1.807) is 0 Å². The second-order valence-electron chi connectivity index (χ2n) is 5.16. The highest BCUT2D eigenvalue weighted by Gasteiger charge is 2.44. The fourth-order valence-corrected chi connectivity index (χ4v) is 3.24. The molecule has 0 aromatic rings. The summed E-state index contributed by atoms with van der Waals surface area (Å²) >= 11 is 0. The number of hydrogen-bond acceptors (Lipinski definition) is 2. The van der Waals surface area contributed by atoms with Gasteiger partial charge in [-0.2, -0.15) is 0 Å². The molecule has 1 aliphatic heterocycles. The monoisotopic (exact) mass is 180 g/mol. The van der Waals surface area contributed by atoms with E-state index in [1.807, 2.05) is 0 Å². The van der Waals surface area contributed by atoms with Crippen molar-refractivity contribution in [2.24, 2.45) is 0 Å². The fraction of sp³-hybridized carbons (Fsp3) is 1.00. The number of hydrogen-bond donors (Lipinski definition) is 2. The van der Waals surface area contributed by atoms with E-state index in [4.69, 9.17) is 0 Å². The van der Waals surface area contributed by atoms with Crippen LogP contribution >= 0.6 is 0 Å². The Hall–Kier alpha value is -0.0800. The van der Waals surface area contributed by atoms with Gasteiger partial charge in [0.2, 0.25) is 0 Å². The van der Waals surface area contributed by atoms with E-state index >= 15 is 0 Å². The van der Waals surface area contributed by atoms with Crippen LogP contribution in [0.3, 0.4) is 0 Å². The van der Waals surface area contributed by atoms with Crippen LogP contribution in [-0.4, -0.2) is 24.2 Å². The van der Waals surface area contributed by atoms with Crippen LogP contribution in [0.1, 0.15) is 44.9 Å². The summed E-state index contributed by atoms with van der Waals surface area (Å²) in [7, 11) is 0. The molecule has 0 bridgehead atoms. The van der Waals surface area contributed by atoms with Gasteiger partial charge in [0.05, 0.1) is 0 Å². The van der Waals surface area contributed by atoms with Gasteiger partial charge in [0.15, 0.2) is 0 Å². The third kappa shape index (κ3) is 1.31. The number of fused-ring (bicyclic) bond motifs is 1. The predicted molar refractivity (Wildman–Crippen MR) is 53.8 cm³/mol. The van der Waals surface area contributed by atoms with Crippen LogP contribution in [0.25, 0.3) is 0 Å². The molecule has 3 fully saturated rings. The van der Waals surface area contributed by atoms with Gasteiger partial charge in [0.1, 0.15) is 0 Å². The molecule has 74 valence electrons. The lowest BCUT2D eigenvalue weighted by Gasteiger charge is -2.53. The van der Waals surface area contributed by atoms with Crippen molar-refractivity contribution >= 4 is 0 Å². The van der Waals surface area contributed by atoms with Gasteiger partial charge < -0.3 is 10.6 Å². The molecule has 2 saturated carbocycles. The molecule has 2 N–H and O–H groups in total. The molecule has 0 unspecified atom stereocenters. The van der Waals surface area contributed by atoms with Crippen LogP contribution in [0, 0.1) is 0 Å². The summed E-state index contributed by atoms with van der Waals surface area (Å²) in [5.41, 5.74) is 0.526. The van der Waals surface area contributed by atoms with Gasteiger partial charge in [-0.15, -0.1) is 0 Å². The summed E-state index contributed by atoms with van der Waals surface area (Å²) in [4.78, 5) is 0. The predicted octanol–water partition coefficient (Wildman–Crippen LogP) is 1.41. The zero-order valence-electron chi connectivity index (χ0n) is 8.31. The Morgan fingerprint density at radius 2 is 1.69 bits per heavy atom. The summed E-state index contributed by atoms with van der Waals surface area (Å²) in [6, 6.07) is 1.59. The van der Waals surface area contributed by atoms with Gasteiger partial charge in [-0.05, 0) is 32.1 Å². The minimum Gasteiger partial charge on any atom is -0.311 e. The maximum atomic E-state index is 3.91. The van der Waals surface area contributed by atoms with Crippen molar-refractivity contribution in [2.75, 3.05) is 6.54 Å². The number of rotatable bonds is 0. The highest BCUT2D eigenvalue weighted by Crippen LogP contribution is 2.36. The van der Waals surface area contributed by atoms with E-state index < -0.39 is 0 Å². The standard InChI is InChI=1S/C11H20N2/c1-2-5-10-9(4-1)12-8-11(13-10)6-3-7-11/h9-10,12-13H,1-8H2/t9-,10+/m1/s1. The minimum atomic E-state index is 0.526. The summed E-state index contributed by atoms with van der Waals surface area (Å²) in [6.07, 6.45) is 9.92. The first kappa shape index (κ1) is 8.25. The summed E-state index contributed by atoms with van der Waals surface area (Å²) < 4.78 is 0. The van der Waals surface area contributed by atoms with E-state index in [-0.39, 0.29) is 0 Å². The maximum absolute atomic E-state index is 3.91. The smallest absolute Gasteiger partial charge is 0.0309 e. The Labute approximate surface area is 80.5 Å². The first-order valence-electron chi connectivity index (χ1n) is 5.89. The Morgan fingerprint density at radius 1 is 0.923 bits per heavy atom. The zero-order valence-corrected chi connectivity index (χ0v) is 8.31. The van der Waals surface area contributed by atoms with Crippen LogP contribution in [0.4, 0.5) is 0 Å². The molecule has 2 aliphatic carbocycles. The summed E-state index contributed by atoms with van der Waals surface area (Å²) in [6.45, 7) is 1.23. The van der Waals surface area contributed by atoms with E-state index in [9.17, 15) is 0 Å². The lowest BCUT2D eigenvalue weighted by molar-refractivity contribution is 0.0839. The summed E-state index contributed by atoms with van der Waals surface area (Å²) in [5.74, 6) is 0. The molecule has 0 aromatic carbocycles. The maximum Gasteiger partial charge on any atom is 0.0309 e. The SMILES string of the molecule is C1CC[C@H]2NCC3(CCC3)N[C@H]2C1. The van der Waals surface area contributed by atoms with Crippen LogP contribution in [0.5, 0.6) is 0 Å². The minimum absolute atomic E-state index is 0.526. The van der Waals surface area contributed by atoms with Crippen molar-refractivity contribution in [2.45, 2.75) is 62.6 Å². The lowest BCUT2D eigenvalue weighted by atomic mass is 9.72. The fourth-order valence-electron chi connectivity index (χ4n) is 3.24. The van der Waals surface area contributed by atoms with Gasteiger partial charge in [0, 0.05) is 24.2 Å². The number of nitrogens with one attached hydrogen (secondary N) is 2. The molecule has 2 atom stereocenters. The Bertz CT molecular complexity index is 198. The lowest BCUT2D eigenvalue weighted by Crippen LogP contribution is -2.70. The average molecular weight is 180 g/mol. The van der Waals surface area contributed by atoms with E-state index in [1.165, 1.54) is 51.5 Å². The largest absolute Gasteiger partial charge is 0.311 e.